The normalized spacial score (nSPS) is 7.25. The molecule has 0 saturated heterocycles. The van der Waals surface area contributed by atoms with Crippen molar-refractivity contribution >= 4 is 20.2 Å². The van der Waals surface area contributed by atoms with Gasteiger partial charge in [0.05, 0.1) is 0 Å². The third-order valence-corrected chi connectivity index (χ3v) is 0. The summed E-state index contributed by atoms with van der Waals surface area (Å²) < 4.78 is 26.7. The molecule has 0 aromatic carbocycles. The summed E-state index contributed by atoms with van der Waals surface area (Å²) in [5, 5.41) is 0. The van der Waals surface area contributed by atoms with Crippen LogP contribution in [0.3, 0.4) is 0 Å². The van der Waals surface area contributed by atoms with Gasteiger partial charge in [0.2, 0.25) is 0 Å². The van der Waals surface area contributed by atoms with Crippen LogP contribution >= 0.6 is 0 Å². The van der Waals surface area contributed by atoms with E-state index in [2.05, 4.69) is 11.2 Å². The first-order valence-corrected chi connectivity index (χ1v) is 3.00. The molecule has 0 aromatic heterocycles. The van der Waals surface area contributed by atoms with Gasteiger partial charge in [-0.15, -0.1) is 9.05 Å². The van der Waals surface area contributed by atoms with Crippen LogP contribution in [0, 0.1) is 0 Å². The van der Waals surface area contributed by atoms with E-state index in [9.17, 15) is 0 Å². The average molecular weight is 229 g/mol. The molecular formula is K3O3S2+. The van der Waals surface area contributed by atoms with Crippen molar-refractivity contribution < 1.29 is 167 Å². The first kappa shape index (κ1) is 23.2. The van der Waals surface area contributed by atoms with E-state index < -0.39 is 9.05 Å². The van der Waals surface area contributed by atoms with Crippen LogP contribution in [0.15, 0.2) is 0 Å². The Morgan fingerprint density at radius 1 is 1.12 bits per heavy atom. The summed E-state index contributed by atoms with van der Waals surface area (Å²) in [5.41, 5.74) is 0. The molecule has 0 unspecified atom stereocenters. The van der Waals surface area contributed by atoms with Gasteiger partial charge in [-0.25, -0.2) is 0 Å². The Balaban J connectivity index is -0.0000000267. The minimum atomic E-state index is -4.33. The number of hydrogen-bond donors (Lipinski definition) is 0. The summed E-state index contributed by atoms with van der Waals surface area (Å²) >= 11 is 3.24. The van der Waals surface area contributed by atoms with Crippen LogP contribution in [-0.2, 0) is 20.2 Å². The van der Waals surface area contributed by atoms with Crippen molar-refractivity contribution in [3.8, 4) is 0 Å². The molecule has 0 bridgehead atoms. The zero-order valence-electron chi connectivity index (χ0n) is 5.04. The maximum absolute atomic E-state index is 8.89. The van der Waals surface area contributed by atoms with Crippen LogP contribution in [0.2, 0.25) is 0 Å². The van der Waals surface area contributed by atoms with Crippen molar-refractivity contribution in [3.05, 3.63) is 0 Å². The van der Waals surface area contributed by atoms with Gasteiger partial charge in [-0.1, -0.05) is 0 Å². The smallest absolute Gasteiger partial charge is 0.780 e. The van der Waals surface area contributed by atoms with Crippen molar-refractivity contribution in [2.24, 2.45) is 0 Å². The van der Waals surface area contributed by atoms with E-state index >= 15 is 0 Å². The Labute approximate surface area is 181 Å². The second-order valence-electron chi connectivity index (χ2n) is 0.408. The molecule has 3 nitrogen and oxygen atoms in total. The first-order valence-electron chi connectivity index (χ1n) is 0.667. The maximum Gasteiger partial charge on any atom is 1.00 e. The molecule has 0 aliphatic carbocycles. The predicted molar refractivity (Wildman–Crippen MR) is 17.1 cm³/mol. The SMILES string of the molecule is O=S([O-])([O-])=S.[K+].[K+].[K+]. The quantitative estimate of drug-likeness (QED) is 0.387. The Kier molecular flexibility index (Phi) is 35.4. The molecule has 0 N–H and O–H groups in total. The molecule has 0 fully saturated rings. The molecule has 32 valence electrons. The molecule has 0 saturated carbocycles. The van der Waals surface area contributed by atoms with E-state index in [1.165, 1.54) is 0 Å². The molecule has 8 heteroatoms. The Bertz CT molecular complexity index is 95.7. The van der Waals surface area contributed by atoms with Crippen molar-refractivity contribution in [1.29, 1.82) is 0 Å². The van der Waals surface area contributed by atoms with Gasteiger partial charge in [-0.2, -0.15) is 0 Å². The third-order valence-electron chi connectivity index (χ3n) is 0. The summed E-state index contributed by atoms with van der Waals surface area (Å²) in [6.07, 6.45) is 0. The van der Waals surface area contributed by atoms with E-state index in [0.717, 1.165) is 0 Å². The third kappa shape index (κ3) is 43.1. The minimum absolute atomic E-state index is 0. The van der Waals surface area contributed by atoms with Crippen LogP contribution in [0.1, 0.15) is 0 Å². The maximum atomic E-state index is 8.89. The Morgan fingerprint density at radius 3 is 1.12 bits per heavy atom. The van der Waals surface area contributed by atoms with Crippen molar-refractivity contribution in [3.63, 3.8) is 0 Å². The summed E-state index contributed by atoms with van der Waals surface area (Å²) in [4.78, 5) is 0. The molecule has 0 amide bonds. The fourth-order valence-electron chi connectivity index (χ4n) is 0. The first-order chi connectivity index (χ1) is 2.00. The van der Waals surface area contributed by atoms with Gasteiger partial charge in [-0.05, 0) is 11.2 Å². The summed E-state index contributed by atoms with van der Waals surface area (Å²) in [7, 11) is -4.33. The summed E-state index contributed by atoms with van der Waals surface area (Å²) in [6.45, 7) is 0. The van der Waals surface area contributed by atoms with E-state index in [-0.39, 0.29) is 154 Å². The molecule has 0 aromatic rings. The van der Waals surface area contributed by atoms with Gasteiger partial charge >= 0.3 is 154 Å². The number of rotatable bonds is 0. The Hall–Kier alpha value is 5.20. The second-order valence-corrected chi connectivity index (χ2v) is 2.45. The zero-order chi connectivity index (χ0) is 4.50. The molecule has 0 aliphatic heterocycles. The molecule has 0 spiro atoms. The van der Waals surface area contributed by atoms with Gasteiger partial charge in [0.1, 0.15) is 0 Å². The fourth-order valence-corrected chi connectivity index (χ4v) is 0. The van der Waals surface area contributed by atoms with Gasteiger partial charge in [0.25, 0.3) is 0 Å². The van der Waals surface area contributed by atoms with Crippen LogP contribution in [0.5, 0.6) is 0 Å². The van der Waals surface area contributed by atoms with Gasteiger partial charge in [-0.3, -0.25) is 4.21 Å². The topological polar surface area (TPSA) is 63.2 Å². The molecular weight excluding hydrogens is 229 g/mol. The van der Waals surface area contributed by atoms with Crippen LogP contribution in [0.4, 0.5) is 0 Å². The molecule has 0 rings (SSSR count). The standard InChI is InChI=1S/3K.H2O3S2/c;;;1-5(2,3)4/h;;;(H2,1,2,3,4)/q3*+1;/p-2. The van der Waals surface area contributed by atoms with E-state index in [0.29, 0.717) is 0 Å². The molecule has 0 aliphatic rings. The predicted octanol–water partition coefficient (Wildman–Crippen LogP) is -9.99. The largest absolute Gasteiger partial charge is 1.00 e. The van der Waals surface area contributed by atoms with E-state index in [4.69, 9.17) is 13.3 Å². The molecule has 0 heterocycles. The minimum Gasteiger partial charge on any atom is -0.780 e. The number of hydrogen-bond acceptors (Lipinski definition) is 4. The van der Waals surface area contributed by atoms with Crippen LogP contribution < -0.4 is 154 Å². The monoisotopic (exact) mass is 229 g/mol. The van der Waals surface area contributed by atoms with Crippen molar-refractivity contribution in [2.45, 2.75) is 0 Å². The van der Waals surface area contributed by atoms with Crippen molar-refractivity contribution in [2.75, 3.05) is 0 Å². The Morgan fingerprint density at radius 2 is 1.12 bits per heavy atom. The van der Waals surface area contributed by atoms with Crippen LogP contribution in [-0.4, -0.2) is 13.3 Å². The van der Waals surface area contributed by atoms with Crippen LogP contribution in [0.25, 0.3) is 0 Å². The van der Waals surface area contributed by atoms with Gasteiger partial charge in [0, 0.05) is 0 Å². The van der Waals surface area contributed by atoms with E-state index in [1.807, 2.05) is 0 Å². The molecule has 0 atom stereocenters. The zero-order valence-corrected chi connectivity index (χ0v) is 16.0. The summed E-state index contributed by atoms with van der Waals surface area (Å²) in [6, 6.07) is 0. The second kappa shape index (κ2) is 12.2. The molecule has 0 radical (unpaired) electrons. The van der Waals surface area contributed by atoms with Gasteiger partial charge in [0.15, 0.2) is 0 Å². The van der Waals surface area contributed by atoms with Crippen molar-refractivity contribution in [1.82, 2.24) is 0 Å². The average Bonchev–Trinajstić information content (AvgIpc) is 0.722. The summed E-state index contributed by atoms with van der Waals surface area (Å²) in [5.74, 6) is 0. The van der Waals surface area contributed by atoms with E-state index in [1.54, 1.807) is 0 Å². The fraction of sp³-hybridized carbons (Fsp3) is 0. The molecule has 8 heavy (non-hydrogen) atoms. The van der Waals surface area contributed by atoms with Gasteiger partial charge < -0.3 is 9.11 Å².